The number of thiol groups is 1. The number of amides is 1. The van der Waals surface area contributed by atoms with Gasteiger partial charge in [0.25, 0.3) is 5.91 Å². The molecule has 148 valence electrons. The van der Waals surface area contributed by atoms with Crippen LogP contribution < -0.4 is 10.7 Å². The third kappa shape index (κ3) is 4.60. The van der Waals surface area contributed by atoms with Gasteiger partial charge in [-0.1, -0.05) is 23.2 Å². The molecule has 1 aromatic carbocycles. The number of carbonyl (C=O) groups excluding carboxylic acids is 1. The molecule has 1 amide bonds. The van der Waals surface area contributed by atoms with Crippen molar-refractivity contribution in [3.8, 4) is 0 Å². The SMILES string of the molecule is CC1=C(c2cc(C(=O)Nc3cc(Cl)ccc3C)nn2C)CN(N/C=C\S)CC1. The van der Waals surface area contributed by atoms with E-state index in [9.17, 15) is 4.79 Å². The maximum Gasteiger partial charge on any atom is 0.276 e. The lowest BCUT2D eigenvalue weighted by Gasteiger charge is -2.29. The summed E-state index contributed by atoms with van der Waals surface area (Å²) in [4.78, 5) is 12.7. The number of nitrogens with zero attached hydrogens (tertiary/aromatic N) is 3. The van der Waals surface area contributed by atoms with E-state index in [2.05, 4.69) is 40.4 Å². The van der Waals surface area contributed by atoms with Crippen LogP contribution in [-0.4, -0.2) is 33.8 Å². The van der Waals surface area contributed by atoms with Crippen molar-refractivity contribution in [3.63, 3.8) is 0 Å². The summed E-state index contributed by atoms with van der Waals surface area (Å²) in [5.41, 5.74) is 8.61. The Balaban J connectivity index is 1.82. The molecule has 2 N–H and O–H groups in total. The van der Waals surface area contributed by atoms with Gasteiger partial charge in [-0.05, 0) is 55.0 Å². The molecule has 3 rings (SSSR count). The minimum absolute atomic E-state index is 0.255. The van der Waals surface area contributed by atoms with Crippen LogP contribution in [0, 0.1) is 6.92 Å². The smallest absolute Gasteiger partial charge is 0.276 e. The molecule has 0 unspecified atom stereocenters. The summed E-state index contributed by atoms with van der Waals surface area (Å²) in [7, 11) is 1.86. The zero-order chi connectivity index (χ0) is 20.3. The van der Waals surface area contributed by atoms with Crippen LogP contribution in [0.25, 0.3) is 5.57 Å². The van der Waals surface area contributed by atoms with Crippen LogP contribution in [0.1, 0.15) is 35.1 Å². The molecule has 0 bridgehead atoms. The standard InChI is InChI=1S/C20H24ClN5OS/c1-13-6-8-26(22-7-9-28)12-16(13)19-11-18(24-25(19)3)20(27)23-17-10-15(21)5-4-14(17)2/h4-5,7,9-11,22,28H,6,8,12H2,1-3H3,(H,23,27)/b9-7-. The molecule has 2 heterocycles. The van der Waals surface area contributed by atoms with Crippen LogP contribution in [-0.2, 0) is 7.05 Å². The Morgan fingerprint density at radius 3 is 2.86 bits per heavy atom. The van der Waals surface area contributed by atoms with Crippen LogP contribution in [0.3, 0.4) is 0 Å². The first-order valence-electron chi connectivity index (χ1n) is 9.00. The fourth-order valence-electron chi connectivity index (χ4n) is 3.18. The molecule has 0 spiro atoms. The van der Waals surface area contributed by atoms with Gasteiger partial charge in [0.15, 0.2) is 5.69 Å². The normalized spacial score (nSPS) is 15.3. The summed E-state index contributed by atoms with van der Waals surface area (Å²) in [5, 5.41) is 11.7. The van der Waals surface area contributed by atoms with E-state index in [-0.39, 0.29) is 5.91 Å². The third-order valence-corrected chi connectivity index (χ3v) is 5.21. The van der Waals surface area contributed by atoms with Crippen molar-refractivity contribution < 1.29 is 4.79 Å². The molecule has 2 aromatic rings. The van der Waals surface area contributed by atoms with Crippen LogP contribution in [0.5, 0.6) is 0 Å². The van der Waals surface area contributed by atoms with Crippen molar-refractivity contribution in [2.45, 2.75) is 20.3 Å². The first-order valence-corrected chi connectivity index (χ1v) is 9.89. The van der Waals surface area contributed by atoms with Gasteiger partial charge in [0, 0.05) is 37.0 Å². The van der Waals surface area contributed by atoms with Gasteiger partial charge in [-0.2, -0.15) is 5.10 Å². The van der Waals surface area contributed by atoms with Gasteiger partial charge < -0.3 is 10.7 Å². The Bertz CT molecular complexity index is 950. The van der Waals surface area contributed by atoms with E-state index < -0.39 is 0 Å². The Labute approximate surface area is 175 Å². The van der Waals surface area contributed by atoms with E-state index in [0.29, 0.717) is 16.4 Å². The van der Waals surface area contributed by atoms with Gasteiger partial charge in [0.1, 0.15) is 0 Å². The highest BCUT2D eigenvalue weighted by atomic mass is 35.5. The van der Waals surface area contributed by atoms with Gasteiger partial charge in [-0.25, -0.2) is 5.01 Å². The fourth-order valence-corrected chi connectivity index (χ4v) is 3.42. The van der Waals surface area contributed by atoms with E-state index in [1.165, 1.54) is 11.1 Å². The number of halogens is 1. The second kappa shape index (κ2) is 8.86. The van der Waals surface area contributed by atoms with Gasteiger partial charge >= 0.3 is 0 Å². The average molecular weight is 418 g/mol. The molecule has 1 aliphatic rings. The quantitative estimate of drug-likeness (QED) is 0.643. The number of hydrogen-bond donors (Lipinski definition) is 3. The van der Waals surface area contributed by atoms with Crippen molar-refractivity contribution in [1.29, 1.82) is 0 Å². The summed E-state index contributed by atoms with van der Waals surface area (Å²) in [6.07, 6.45) is 2.73. The van der Waals surface area contributed by atoms with Gasteiger partial charge in [0.05, 0.1) is 5.69 Å². The van der Waals surface area contributed by atoms with E-state index in [4.69, 9.17) is 11.6 Å². The molecule has 0 saturated heterocycles. The first kappa shape index (κ1) is 20.5. The topological polar surface area (TPSA) is 62.2 Å². The molecule has 8 heteroatoms. The van der Waals surface area contributed by atoms with Crippen molar-refractivity contribution in [2.24, 2.45) is 7.05 Å². The molecule has 1 aliphatic heterocycles. The van der Waals surface area contributed by atoms with Crippen LogP contribution in [0.15, 0.2) is 41.4 Å². The van der Waals surface area contributed by atoms with Crippen LogP contribution in [0.2, 0.25) is 5.02 Å². The van der Waals surface area contributed by atoms with Gasteiger partial charge in [0.2, 0.25) is 0 Å². The number of hydrazine groups is 1. The Hall–Kier alpha value is -2.22. The fraction of sp³-hybridized carbons (Fsp3) is 0.300. The highest BCUT2D eigenvalue weighted by molar-refractivity contribution is 7.83. The zero-order valence-electron chi connectivity index (χ0n) is 16.2. The summed E-state index contributed by atoms with van der Waals surface area (Å²) < 4.78 is 1.76. The van der Waals surface area contributed by atoms with Crippen LogP contribution in [0.4, 0.5) is 5.69 Å². The monoisotopic (exact) mass is 417 g/mol. The summed E-state index contributed by atoms with van der Waals surface area (Å²) >= 11 is 10.1. The number of anilines is 1. The lowest BCUT2D eigenvalue weighted by Crippen LogP contribution is -2.39. The number of carbonyl (C=O) groups is 1. The number of aromatic nitrogens is 2. The largest absolute Gasteiger partial charge is 0.325 e. The molecule has 0 fully saturated rings. The lowest BCUT2D eigenvalue weighted by molar-refractivity contribution is 0.102. The second-order valence-electron chi connectivity index (χ2n) is 6.83. The zero-order valence-corrected chi connectivity index (χ0v) is 17.8. The van der Waals surface area contributed by atoms with E-state index >= 15 is 0 Å². The summed E-state index contributed by atoms with van der Waals surface area (Å²) in [6.45, 7) is 5.68. The maximum atomic E-state index is 12.7. The first-order chi connectivity index (χ1) is 13.4. The van der Waals surface area contributed by atoms with E-state index in [1.54, 1.807) is 28.4 Å². The summed E-state index contributed by atoms with van der Waals surface area (Å²) in [6, 6.07) is 7.25. The van der Waals surface area contributed by atoms with Crippen molar-refractivity contribution in [2.75, 3.05) is 18.4 Å². The molecule has 0 saturated carbocycles. The molecule has 28 heavy (non-hydrogen) atoms. The predicted octanol–water partition coefficient (Wildman–Crippen LogP) is 4.02. The molecule has 0 aliphatic carbocycles. The van der Waals surface area contributed by atoms with Crippen molar-refractivity contribution in [3.05, 3.63) is 63.4 Å². The summed E-state index contributed by atoms with van der Waals surface area (Å²) in [5.74, 6) is -0.255. The average Bonchev–Trinajstić information content (AvgIpc) is 3.05. The number of aryl methyl sites for hydroxylation is 2. The van der Waals surface area contributed by atoms with E-state index in [1.807, 2.05) is 26.1 Å². The molecule has 1 aromatic heterocycles. The Kier molecular flexibility index (Phi) is 6.49. The third-order valence-electron chi connectivity index (χ3n) is 4.82. The maximum absolute atomic E-state index is 12.7. The Morgan fingerprint density at radius 2 is 2.11 bits per heavy atom. The minimum atomic E-state index is -0.255. The molecular weight excluding hydrogens is 394 g/mol. The lowest BCUT2D eigenvalue weighted by atomic mass is 9.99. The predicted molar refractivity (Wildman–Crippen MR) is 117 cm³/mol. The van der Waals surface area contributed by atoms with Gasteiger partial charge in [-0.15, -0.1) is 12.6 Å². The number of hydrogen-bond acceptors (Lipinski definition) is 5. The number of benzene rings is 1. The molecule has 6 nitrogen and oxygen atoms in total. The highest BCUT2D eigenvalue weighted by Gasteiger charge is 2.22. The highest BCUT2D eigenvalue weighted by Crippen LogP contribution is 2.27. The van der Waals surface area contributed by atoms with Crippen molar-refractivity contribution >= 4 is 41.4 Å². The van der Waals surface area contributed by atoms with Crippen LogP contribution >= 0.6 is 24.2 Å². The molecule has 0 radical (unpaired) electrons. The van der Waals surface area contributed by atoms with E-state index in [0.717, 1.165) is 30.8 Å². The molecule has 0 atom stereocenters. The Morgan fingerprint density at radius 1 is 1.32 bits per heavy atom. The van der Waals surface area contributed by atoms with Crippen molar-refractivity contribution in [1.82, 2.24) is 20.2 Å². The molecular formula is C20H24ClN5OS. The number of nitrogens with one attached hydrogen (secondary N) is 2. The number of rotatable bonds is 5. The minimum Gasteiger partial charge on any atom is -0.325 e. The second-order valence-corrected chi connectivity index (χ2v) is 7.56. The van der Waals surface area contributed by atoms with Gasteiger partial charge in [-0.3, -0.25) is 9.48 Å².